The fourth-order valence-corrected chi connectivity index (χ4v) is 5.94. The third-order valence-corrected chi connectivity index (χ3v) is 8.02. The fourth-order valence-electron chi connectivity index (χ4n) is 5.94. The van der Waals surface area contributed by atoms with Gasteiger partial charge >= 0.3 is 5.97 Å². The Balaban J connectivity index is 1.72. The molecule has 0 aromatic heterocycles. The smallest absolute Gasteiger partial charge is 0.371 e. The van der Waals surface area contributed by atoms with Crippen LogP contribution >= 0.6 is 0 Å². The van der Waals surface area contributed by atoms with Crippen molar-refractivity contribution in [2.45, 2.75) is 76.5 Å². The number of benzene rings is 2. The monoisotopic (exact) mass is 603 g/mol. The van der Waals surface area contributed by atoms with Gasteiger partial charge in [0.2, 0.25) is 0 Å². The first kappa shape index (κ1) is 32.5. The molecule has 1 fully saturated rings. The number of nitrogens with zero attached hydrogens (tertiary/aromatic N) is 1. The average Bonchev–Trinajstić information content (AvgIpc) is 3.54. The number of hydrogen-bond donors (Lipinski definition) is 0. The molecule has 0 saturated carbocycles. The van der Waals surface area contributed by atoms with Crippen molar-refractivity contribution >= 4 is 29.6 Å². The molecule has 2 aromatic rings. The highest BCUT2D eigenvalue weighted by Gasteiger charge is 2.42. The Labute approximate surface area is 258 Å². The molecule has 1 aliphatic carbocycles. The van der Waals surface area contributed by atoms with Gasteiger partial charge in [-0.05, 0) is 38.2 Å². The minimum atomic E-state index is -0.944. The number of methoxy groups -OCH3 is 3. The number of fused-ring (bicyclic) bond motifs is 1. The summed E-state index contributed by atoms with van der Waals surface area (Å²) in [5.41, 5.74) is 2.62. The molecule has 2 atom stereocenters. The molecule has 0 spiro atoms. The van der Waals surface area contributed by atoms with Crippen LogP contribution in [-0.4, -0.2) is 50.0 Å². The van der Waals surface area contributed by atoms with E-state index in [0.29, 0.717) is 23.7 Å². The number of imide groups is 1. The van der Waals surface area contributed by atoms with Crippen LogP contribution in [0.4, 0.5) is 0 Å². The number of allylic oxidation sites excluding steroid dienone is 3. The topological polar surface area (TPSA) is 108 Å². The van der Waals surface area contributed by atoms with Crippen molar-refractivity contribution in [3.8, 4) is 17.2 Å². The molecule has 2 aliphatic rings. The Morgan fingerprint density at radius 2 is 1.43 bits per heavy atom. The number of Topliss-reactive ketones (excluding diaryl/α,β-unsaturated/α-hetero) is 1. The number of ketones is 1. The maximum atomic E-state index is 13.6. The van der Waals surface area contributed by atoms with Crippen molar-refractivity contribution < 1.29 is 38.2 Å². The van der Waals surface area contributed by atoms with Gasteiger partial charge in [-0.25, -0.2) is 4.79 Å². The summed E-state index contributed by atoms with van der Waals surface area (Å²) in [6.07, 6.45) is 14.6. The van der Waals surface area contributed by atoms with E-state index in [2.05, 4.69) is 24.3 Å². The third-order valence-electron chi connectivity index (χ3n) is 8.02. The highest BCUT2D eigenvalue weighted by molar-refractivity contribution is 6.04. The van der Waals surface area contributed by atoms with Gasteiger partial charge in [-0.1, -0.05) is 67.5 Å². The van der Waals surface area contributed by atoms with Crippen molar-refractivity contribution in [3.05, 3.63) is 70.8 Å². The van der Waals surface area contributed by atoms with E-state index in [4.69, 9.17) is 19.0 Å². The molecule has 4 rings (SSSR count). The molecule has 2 aromatic carbocycles. The molecule has 0 radical (unpaired) electrons. The zero-order valence-electron chi connectivity index (χ0n) is 25.9. The summed E-state index contributed by atoms with van der Waals surface area (Å²) in [6.45, 7) is 1.62. The zero-order chi connectivity index (χ0) is 31.6. The first-order valence-electron chi connectivity index (χ1n) is 15.1. The molecule has 0 N–H and O–H groups in total. The van der Waals surface area contributed by atoms with E-state index in [1.807, 2.05) is 30.3 Å². The Morgan fingerprint density at radius 3 is 2.07 bits per heavy atom. The number of amides is 2. The Bertz CT molecular complexity index is 1410. The van der Waals surface area contributed by atoms with Gasteiger partial charge in [-0.15, -0.1) is 5.06 Å². The number of ether oxygens (including phenoxy) is 3. The predicted octanol–water partition coefficient (Wildman–Crippen LogP) is 6.70. The molecule has 9 heteroatoms. The standard InChI is InChI=1S/C35H41NO8/c1-23(37)14-10-7-5-6-8-13-17-25-22-26(19-18-24-15-11-9-12-16-24)30-29(25)32(41-2)31(34(43-4)33(30)42-3)35(40)44-36-27(38)20-21-28(36)39/h9,11-13,15-19,25-26H,5-8,10,14,20-22H2,1-4H3/b17-13?,19-18+. The first-order valence-corrected chi connectivity index (χ1v) is 15.1. The van der Waals surface area contributed by atoms with E-state index < -0.39 is 17.8 Å². The zero-order valence-corrected chi connectivity index (χ0v) is 25.9. The summed E-state index contributed by atoms with van der Waals surface area (Å²) in [5.74, 6) is -1.34. The van der Waals surface area contributed by atoms with Crippen LogP contribution in [-0.2, 0) is 19.2 Å². The predicted molar refractivity (Wildman–Crippen MR) is 166 cm³/mol. The van der Waals surface area contributed by atoms with Gasteiger partial charge in [-0.2, -0.15) is 0 Å². The Kier molecular flexibility index (Phi) is 11.4. The molecule has 0 bridgehead atoms. The van der Waals surface area contributed by atoms with Crippen LogP contribution in [0.5, 0.6) is 17.2 Å². The van der Waals surface area contributed by atoms with E-state index in [-0.39, 0.29) is 47.5 Å². The van der Waals surface area contributed by atoms with Crippen molar-refractivity contribution in [2.24, 2.45) is 0 Å². The molecule has 2 amide bonds. The SMILES string of the molecule is COc1c(OC)c2c(c(OC)c1C(=O)ON1C(=O)CCC1=O)C(C=CCCCCCCC(C)=O)CC2/C=C/c1ccccc1. The van der Waals surface area contributed by atoms with E-state index >= 15 is 0 Å². The molecule has 1 aliphatic heterocycles. The Morgan fingerprint density at radius 1 is 0.818 bits per heavy atom. The highest BCUT2D eigenvalue weighted by atomic mass is 16.7. The van der Waals surface area contributed by atoms with Crippen LogP contribution in [0.25, 0.3) is 6.08 Å². The quantitative estimate of drug-likeness (QED) is 0.126. The first-order chi connectivity index (χ1) is 21.3. The molecule has 1 heterocycles. The maximum absolute atomic E-state index is 13.6. The largest absolute Gasteiger partial charge is 0.495 e. The number of rotatable bonds is 15. The molecule has 234 valence electrons. The van der Waals surface area contributed by atoms with Gasteiger partial charge < -0.3 is 23.8 Å². The minimum absolute atomic E-state index is 0.0209. The second-order valence-electron chi connectivity index (χ2n) is 11.1. The van der Waals surface area contributed by atoms with Gasteiger partial charge in [0.15, 0.2) is 11.5 Å². The van der Waals surface area contributed by atoms with Crippen LogP contribution in [0.15, 0.2) is 48.6 Å². The van der Waals surface area contributed by atoms with Crippen molar-refractivity contribution in [3.63, 3.8) is 0 Å². The van der Waals surface area contributed by atoms with Gasteiger partial charge in [0.25, 0.3) is 11.8 Å². The summed E-state index contributed by atoms with van der Waals surface area (Å²) in [6, 6.07) is 9.98. The summed E-state index contributed by atoms with van der Waals surface area (Å²) >= 11 is 0. The highest BCUT2D eigenvalue weighted by Crippen LogP contribution is 2.57. The average molecular weight is 604 g/mol. The number of carbonyl (C=O) groups excluding carboxylic acids is 4. The summed E-state index contributed by atoms with van der Waals surface area (Å²) in [5, 5.41) is 0.514. The maximum Gasteiger partial charge on any atom is 0.371 e. The summed E-state index contributed by atoms with van der Waals surface area (Å²) < 4.78 is 17.5. The van der Waals surface area contributed by atoms with Gasteiger partial charge in [0, 0.05) is 42.2 Å². The number of carbonyl (C=O) groups is 4. The molecule has 1 saturated heterocycles. The van der Waals surface area contributed by atoms with Crippen LogP contribution in [0.2, 0.25) is 0 Å². The molecular weight excluding hydrogens is 562 g/mol. The summed E-state index contributed by atoms with van der Waals surface area (Å²) in [7, 11) is 4.41. The van der Waals surface area contributed by atoms with Crippen molar-refractivity contribution in [1.29, 1.82) is 0 Å². The van der Waals surface area contributed by atoms with E-state index in [1.165, 1.54) is 21.3 Å². The van der Waals surface area contributed by atoms with Crippen molar-refractivity contribution in [1.82, 2.24) is 5.06 Å². The molecular formula is C35H41NO8. The van der Waals surface area contributed by atoms with E-state index in [1.54, 1.807) is 6.92 Å². The Hall–Kier alpha value is -4.40. The van der Waals surface area contributed by atoms with E-state index in [0.717, 1.165) is 48.8 Å². The van der Waals surface area contributed by atoms with Crippen LogP contribution < -0.4 is 14.2 Å². The molecule has 44 heavy (non-hydrogen) atoms. The lowest BCUT2D eigenvalue weighted by atomic mass is 9.94. The van der Waals surface area contributed by atoms with Crippen LogP contribution in [0, 0.1) is 0 Å². The minimum Gasteiger partial charge on any atom is -0.495 e. The molecule has 9 nitrogen and oxygen atoms in total. The second kappa shape index (κ2) is 15.4. The second-order valence-corrected chi connectivity index (χ2v) is 11.1. The molecule has 2 unspecified atom stereocenters. The number of hydroxylamine groups is 2. The van der Waals surface area contributed by atoms with Crippen LogP contribution in [0.3, 0.4) is 0 Å². The normalized spacial score (nSPS) is 17.9. The lowest BCUT2D eigenvalue weighted by Crippen LogP contribution is -2.32. The lowest BCUT2D eigenvalue weighted by molar-refractivity contribution is -0.172. The van der Waals surface area contributed by atoms with Gasteiger partial charge in [0.05, 0.1) is 21.3 Å². The van der Waals surface area contributed by atoms with Crippen LogP contribution in [0.1, 0.15) is 104 Å². The summed E-state index contributed by atoms with van der Waals surface area (Å²) in [4.78, 5) is 54.6. The van der Waals surface area contributed by atoms with Crippen molar-refractivity contribution in [2.75, 3.05) is 21.3 Å². The van der Waals surface area contributed by atoms with Gasteiger partial charge in [0.1, 0.15) is 17.1 Å². The van der Waals surface area contributed by atoms with Gasteiger partial charge in [-0.3, -0.25) is 9.59 Å². The number of unbranched alkanes of at least 4 members (excludes halogenated alkanes) is 4. The van der Waals surface area contributed by atoms with E-state index in [9.17, 15) is 19.2 Å². The number of hydrogen-bond acceptors (Lipinski definition) is 8. The fraction of sp³-hybridized carbons (Fsp3) is 0.429. The lowest BCUT2D eigenvalue weighted by Gasteiger charge is -2.23. The third kappa shape index (κ3) is 7.38.